The standard InChI is InChI=1S/C22H17ClFN3O2/c23-17-5-1-4-8-20(17)29-14-13-27-19-7-3-2-6-18(19)25-22(27)26-21(28)15-9-11-16(24)12-10-15/h1-12H,13-14H2,(H,25,26,28). The lowest BCUT2D eigenvalue weighted by Crippen LogP contribution is -2.18. The Bertz CT molecular complexity index is 1160. The van der Waals surface area contributed by atoms with Crippen molar-refractivity contribution in [2.45, 2.75) is 6.54 Å². The Kier molecular flexibility index (Phi) is 5.44. The number of carbonyl (C=O) groups excluding carboxylic acids is 1. The number of hydrogen-bond acceptors (Lipinski definition) is 3. The molecule has 1 aromatic heterocycles. The van der Waals surface area contributed by atoms with Crippen LogP contribution in [0.4, 0.5) is 10.3 Å². The van der Waals surface area contributed by atoms with E-state index in [-0.39, 0.29) is 5.91 Å². The Hall–Kier alpha value is -3.38. The summed E-state index contributed by atoms with van der Waals surface area (Å²) in [5.74, 6) is 0.220. The van der Waals surface area contributed by atoms with Crippen molar-refractivity contribution < 1.29 is 13.9 Å². The molecule has 0 saturated heterocycles. The highest BCUT2D eigenvalue weighted by molar-refractivity contribution is 6.32. The van der Waals surface area contributed by atoms with Gasteiger partial charge >= 0.3 is 0 Å². The van der Waals surface area contributed by atoms with Crippen LogP contribution in [-0.4, -0.2) is 22.1 Å². The molecule has 0 fully saturated rings. The van der Waals surface area contributed by atoms with Gasteiger partial charge in [0.05, 0.1) is 22.6 Å². The lowest BCUT2D eigenvalue weighted by Gasteiger charge is -2.12. The minimum Gasteiger partial charge on any atom is -0.490 e. The summed E-state index contributed by atoms with van der Waals surface area (Å²) in [7, 11) is 0. The summed E-state index contributed by atoms with van der Waals surface area (Å²) in [5.41, 5.74) is 1.96. The highest BCUT2D eigenvalue weighted by Gasteiger charge is 2.14. The normalized spacial score (nSPS) is 10.8. The zero-order valence-corrected chi connectivity index (χ0v) is 16.1. The number of nitrogens with one attached hydrogen (secondary N) is 1. The second kappa shape index (κ2) is 8.32. The molecule has 0 saturated carbocycles. The first-order valence-corrected chi connectivity index (χ1v) is 9.39. The third kappa shape index (κ3) is 4.22. The summed E-state index contributed by atoms with van der Waals surface area (Å²) in [6.45, 7) is 0.786. The van der Waals surface area contributed by atoms with Gasteiger partial charge in [0.1, 0.15) is 18.2 Å². The zero-order chi connectivity index (χ0) is 20.2. The molecule has 1 N–H and O–H groups in total. The molecule has 0 radical (unpaired) electrons. The van der Waals surface area contributed by atoms with E-state index in [1.54, 1.807) is 12.1 Å². The minimum atomic E-state index is -0.398. The first-order chi connectivity index (χ1) is 14.1. The van der Waals surface area contributed by atoms with Crippen molar-refractivity contribution in [1.29, 1.82) is 0 Å². The molecule has 7 heteroatoms. The first-order valence-electron chi connectivity index (χ1n) is 9.01. The van der Waals surface area contributed by atoms with E-state index in [4.69, 9.17) is 16.3 Å². The maximum atomic E-state index is 13.1. The summed E-state index contributed by atoms with van der Waals surface area (Å²) in [6.07, 6.45) is 0. The molecule has 0 unspecified atom stereocenters. The van der Waals surface area contributed by atoms with Gasteiger partial charge in [-0.1, -0.05) is 35.9 Å². The smallest absolute Gasteiger partial charge is 0.257 e. The Labute approximate surface area is 171 Å². The molecular weight excluding hydrogens is 393 g/mol. The van der Waals surface area contributed by atoms with Crippen LogP contribution in [0.5, 0.6) is 5.75 Å². The summed E-state index contributed by atoms with van der Waals surface area (Å²) >= 11 is 6.13. The molecule has 0 aliphatic carbocycles. The molecule has 0 bridgehead atoms. The fourth-order valence-electron chi connectivity index (χ4n) is 2.98. The van der Waals surface area contributed by atoms with Crippen LogP contribution in [0.1, 0.15) is 10.4 Å². The van der Waals surface area contributed by atoms with Gasteiger partial charge in [-0.05, 0) is 48.5 Å². The molecule has 4 rings (SSSR count). The van der Waals surface area contributed by atoms with Crippen molar-refractivity contribution in [2.24, 2.45) is 0 Å². The van der Waals surface area contributed by atoms with E-state index in [9.17, 15) is 9.18 Å². The highest BCUT2D eigenvalue weighted by Crippen LogP contribution is 2.24. The van der Waals surface area contributed by atoms with E-state index in [0.29, 0.717) is 35.4 Å². The number of fused-ring (bicyclic) bond motifs is 1. The number of halogens is 2. The van der Waals surface area contributed by atoms with Crippen LogP contribution >= 0.6 is 11.6 Å². The topological polar surface area (TPSA) is 56.2 Å². The summed E-state index contributed by atoms with van der Waals surface area (Å²) < 4.78 is 20.8. The number of imidazole rings is 1. The lowest BCUT2D eigenvalue weighted by atomic mass is 10.2. The van der Waals surface area contributed by atoms with Crippen molar-refractivity contribution in [3.05, 3.63) is 89.2 Å². The average Bonchev–Trinajstić information content (AvgIpc) is 3.07. The molecular formula is C22H17ClFN3O2. The predicted octanol–water partition coefficient (Wildman–Crippen LogP) is 5.16. The van der Waals surface area contributed by atoms with Gasteiger partial charge in [-0.15, -0.1) is 0 Å². The van der Waals surface area contributed by atoms with Crippen LogP contribution in [0.3, 0.4) is 0 Å². The van der Waals surface area contributed by atoms with Gasteiger partial charge in [0.25, 0.3) is 5.91 Å². The van der Waals surface area contributed by atoms with Gasteiger partial charge < -0.3 is 9.30 Å². The molecule has 29 heavy (non-hydrogen) atoms. The van der Waals surface area contributed by atoms with E-state index in [1.807, 2.05) is 41.0 Å². The fourth-order valence-corrected chi connectivity index (χ4v) is 3.17. The third-order valence-electron chi connectivity index (χ3n) is 4.40. The fraction of sp³-hybridized carbons (Fsp3) is 0.0909. The number of amides is 1. The van der Waals surface area contributed by atoms with E-state index in [2.05, 4.69) is 10.3 Å². The maximum Gasteiger partial charge on any atom is 0.257 e. The van der Waals surface area contributed by atoms with Crippen molar-refractivity contribution in [3.8, 4) is 5.75 Å². The number of nitrogens with zero attached hydrogens (tertiary/aromatic N) is 2. The Morgan fingerprint density at radius 2 is 1.76 bits per heavy atom. The number of anilines is 1. The maximum absolute atomic E-state index is 13.1. The van der Waals surface area contributed by atoms with Gasteiger partial charge in [0.2, 0.25) is 5.95 Å². The van der Waals surface area contributed by atoms with Crippen LogP contribution in [0.2, 0.25) is 5.02 Å². The van der Waals surface area contributed by atoms with Gasteiger partial charge in [-0.2, -0.15) is 0 Å². The molecule has 0 spiro atoms. The van der Waals surface area contributed by atoms with Crippen molar-refractivity contribution in [3.63, 3.8) is 0 Å². The monoisotopic (exact) mass is 409 g/mol. The molecule has 3 aromatic carbocycles. The van der Waals surface area contributed by atoms with Crippen molar-refractivity contribution in [1.82, 2.24) is 9.55 Å². The molecule has 5 nitrogen and oxygen atoms in total. The largest absolute Gasteiger partial charge is 0.490 e. The van der Waals surface area contributed by atoms with Crippen LogP contribution in [0.15, 0.2) is 72.8 Å². The Morgan fingerprint density at radius 3 is 2.55 bits per heavy atom. The van der Waals surface area contributed by atoms with Gasteiger partial charge in [-0.3, -0.25) is 10.1 Å². The minimum absolute atomic E-state index is 0.337. The number of benzene rings is 3. The quantitative estimate of drug-likeness (QED) is 0.478. The first kappa shape index (κ1) is 19.0. The molecule has 0 aliphatic rings. The van der Waals surface area contributed by atoms with Crippen molar-refractivity contribution >= 4 is 34.5 Å². The molecule has 1 heterocycles. The third-order valence-corrected chi connectivity index (χ3v) is 4.71. The number of para-hydroxylation sites is 3. The number of carbonyl (C=O) groups is 1. The van der Waals surface area contributed by atoms with Crippen LogP contribution in [0.25, 0.3) is 11.0 Å². The summed E-state index contributed by atoms with van der Waals surface area (Å²) in [5, 5.41) is 3.34. The van der Waals surface area contributed by atoms with Gasteiger partial charge in [0, 0.05) is 5.56 Å². The molecule has 1 amide bonds. The van der Waals surface area contributed by atoms with Gasteiger partial charge in [-0.25, -0.2) is 9.37 Å². The predicted molar refractivity (Wildman–Crippen MR) is 111 cm³/mol. The number of aromatic nitrogens is 2. The van der Waals surface area contributed by atoms with Crippen LogP contribution in [-0.2, 0) is 6.54 Å². The summed E-state index contributed by atoms with van der Waals surface area (Å²) in [4.78, 5) is 17.1. The SMILES string of the molecule is O=C(Nc1nc2ccccc2n1CCOc1ccccc1Cl)c1ccc(F)cc1. The second-order valence-electron chi connectivity index (χ2n) is 6.32. The Morgan fingerprint density at radius 1 is 1.03 bits per heavy atom. The van der Waals surface area contributed by atoms with E-state index >= 15 is 0 Å². The number of hydrogen-bond donors (Lipinski definition) is 1. The second-order valence-corrected chi connectivity index (χ2v) is 6.72. The summed E-state index contributed by atoms with van der Waals surface area (Å²) in [6, 6.07) is 20.2. The number of rotatable bonds is 6. The van der Waals surface area contributed by atoms with Gasteiger partial charge in [0.15, 0.2) is 0 Å². The van der Waals surface area contributed by atoms with Crippen LogP contribution < -0.4 is 10.1 Å². The van der Waals surface area contributed by atoms with E-state index < -0.39 is 5.82 Å². The molecule has 0 atom stereocenters. The Balaban J connectivity index is 1.56. The zero-order valence-electron chi connectivity index (χ0n) is 15.3. The van der Waals surface area contributed by atoms with E-state index in [0.717, 1.165) is 11.0 Å². The van der Waals surface area contributed by atoms with E-state index in [1.165, 1.54) is 24.3 Å². The number of ether oxygens (including phenoxy) is 1. The molecule has 0 aliphatic heterocycles. The molecule has 146 valence electrons. The lowest BCUT2D eigenvalue weighted by molar-refractivity contribution is 0.102. The average molecular weight is 410 g/mol. The highest BCUT2D eigenvalue weighted by atomic mass is 35.5. The van der Waals surface area contributed by atoms with Crippen molar-refractivity contribution in [2.75, 3.05) is 11.9 Å². The molecule has 4 aromatic rings. The van der Waals surface area contributed by atoms with Crippen LogP contribution in [0, 0.1) is 5.82 Å².